The van der Waals surface area contributed by atoms with E-state index in [1.54, 1.807) is 12.1 Å². The van der Waals surface area contributed by atoms with E-state index >= 15 is 0 Å². The van der Waals surface area contributed by atoms with Crippen LogP contribution in [0.25, 0.3) is 0 Å². The molecular formula is C17H22FNO2. The number of fused-ring (bicyclic) bond motifs is 2. The van der Waals surface area contributed by atoms with Gasteiger partial charge in [-0.2, -0.15) is 0 Å². The molecular weight excluding hydrogens is 269 g/mol. The zero-order valence-corrected chi connectivity index (χ0v) is 12.4. The molecule has 1 aromatic rings. The number of hydrogen-bond acceptors (Lipinski definition) is 3. The van der Waals surface area contributed by atoms with Crippen molar-refractivity contribution in [3.05, 3.63) is 30.1 Å². The molecule has 0 aliphatic carbocycles. The summed E-state index contributed by atoms with van der Waals surface area (Å²) in [5.74, 6) is 0.866. The molecule has 4 heteroatoms. The van der Waals surface area contributed by atoms with E-state index in [0.29, 0.717) is 36.6 Å². The van der Waals surface area contributed by atoms with Crippen LogP contribution in [0.3, 0.4) is 0 Å². The molecule has 2 atom stereocenters. The third-order valence-electron chi connectivity index (χ3n) is 4.98. The first-order valence-electron chi connectivity index (χ1n) is 7.76. The van der Waals surface area contributed by atoms with Gasteiger partial charge in [-0.25, -0.2) is 4.39 Å². The number of piperidine rings is 1. The largest absolute Gasteiger partial charge is 0.493 e. The highest BCUT2D eigenvalue weighted by Crippen LogP contribution is 2.38. The van der Waals surface area contributed by atoms with Crippen molar-refractivity contribution in [3.63, 3.8) is 0 Å². The SMILES string of the molecule is CN1C2CCC1CC(C(=O)CCOc1ccc(F)cc1)C2. The summed E-state index contributed by atoms with van der Waals surface area (Å²) in [7, 11) is 2.18. The van der Waals surface area contributed by atoms with E-state index in [4.69, 9.17) is 4.74 Å². The average Bonchev–Trinajstić information content (AvgIpc) is 2.71. The first-order chi connectivity index (χ1) is 10.1. The van der Waals surface area contributed by atoms with Crippen LogP contribution in [-0.4, -0.2) is 36.4 Å². The monoisotopic (exact) mass is 291 g/mol. The average molecular weight is 291 g/mol. The van der Waals surface area contributed by atoms with Gasteiger partial charge in [0.2, 0.25) is 0 Å². The van der Waals surface area contributed by atoms with Gasteiger partial charge in [0.15, 0.2) is 0 Å². The van der Waals surface area contributed by atoms with Gasteiger partial charge in [-0.05, 0) is 57.0 Å². The number of rotatable bonds is 5. The van der Waals surface area contributed by atoms with Crippen LogP contribution in [0, 0.1) is 11.7 Å². The highest BCUT2D eigenvalue weighted by Gasteiger charge is 2.40. The maximum absolute atomic E-state index is 12.8. The molecule has 3 rings (SSSR count). The number of halogens is 1. The smallest absolute Gasteiger partial charge is 0.139 e. The minimum absolute atomic E-state index is 0.204. The first-order valence-corrected chi connectivity index (χ1v) is 7.76. The molecule has 0 spiro atoms. The van der Waals surface area contributed by atoms with Crippen molar-refractivity contribution in [2.45, 2.75) is 44.2 Å². The maximum atomic E-state index is 12.8. The molecule has 2 bridgehead atoms. The quantitative estimate of drug-likeness (QED) is 0.835. The number of benzene rings is 1. The predicted octanol–water partition coefficient (Wildman–Crippen LogP) is 3.04. The van der Waals surface area contributed by atoms with E-state index in [1.807, 2.05) is 0 Å². The van der Waals surface area contributed by atoms with Crippen molar-refractivity contribution in [1.82, 2.24) is 4.90 Å². The van der Waals surface area contributed by atoms with Crippen molar-refractivity contribution in [2.24, 2.45) is 5.92 Å². The van der Waals surface area contributed by atoms with E-state index in [2.05, 4.69) is 11.9 Å². The van der Waals surface area contributed by atoms with Crippen LogP contribution in [0.4, 0.5) is 4.39 Å². The Kier molecular flexibility index (Phi) is 4.24. The van der Waals surface area contributed by atoms with Gasteiger partial charge in [0.05, 0.1) is 6.61 Å². The van der Waals surface area contributed by atoms with Crippen LogP contribution in [-0.2, 0) is 4.79 Å². The van der Waals surface area contributed by atoms with Crippen molar-refractivity contribution in [2.75, 3.05) is 13.7 Å². The molecule has 0 radical (unpaired) electrons. The van der Waals surface area contributed by atoms with Crippen LogP contribution in [0.1, 0.15) is 32.1 Å². The molecule has 1 aromatic carbocycles. The zero-order valence-electron chi connectivity index (χ0n) is 12.4. The molecule has 2 aliphatic heterocycles. The zero-order chi connectivity index (χ0) is 14.8. The number of nitrogens with zero attached hydrogens (tertiary/aromatic N) is 1. The lowest BCUT2D eigenvalue weighted by molar-refractivity contribution is -0.125. The number of ether oxygens (including phenoxy) is 1. The molecule has 3 nitrogen and oxygen atoms in total. The molecule has 0 aromatic heterocycles. The summed E-state index contributed by atoms with van der Waals surface area (Å²) in [5.41, 5.74) is 0. The van der Waals surface area contributed by atoms with Gasteiger partial charge >= 0.3 is 0 Å². The molecule has 21 heavy (non-hydrogen) atoms. The lowest BCUT2D eigenvalue weighted by Crippen LogP contribution is -2.42. The number of ketones is 1. The molecule has 2 aliphatic rings. The molecule has 2 unspecified atom stereocenters. The Morgan fingerprint density at radius 2 is 1.86 bits per heavy atom. The van der Waals surface area contributed by atoms with Crippen molar-refractivity contribution < 1.29 is 13.9 Å². The Balaban J connectivity index is 1.45. The Bertz CT molecular complexity index is 488. The number of Topliss-reactive ketones (excluding diaryl/α,β-unsaturated/α-hetero) is 1. The first kappa shape index (κ1) is 14.5. The second-order valence-electron chi connectivity index (χ2n) is 6.24. The van der Waals surface area contributed by atoms with Gasteiger partial charge in [0.1, 0.15) is 17.3 Å². The molecule has 0 N–H and O–H groups in total. The topological polar surface area (TPSA) is 29.5 Å². The van der Waals surface area contributed by atoms with Gasteiger partial charge in [0.25, 0.3) is 0 Å². The lowest BCUT2D eigenvalue weighted by Gasteiger charge is -2.35. The highest BCUT2D eigenvalue weighted by atomic mass is 19.1. The van der Waals surface area contributed by atoms with Crippen molar-refractivity contribution in [1.29, 1.82) is 0 Å². The summed E-state index contributed by atoms with van der Waals surface area (Å²) in [6, 6.07) is 7.11. The fraction of sp³-hybridized carbons (Fsp3) is 0.588. The van der Waals surface area contributed by atoms with Crippen LogP contribution >= 0.6 is 0 Å². The number of carbonyl (C=O) groups is 1. The summed E-state index contributed by atoms with van der Waals surface area (Å²) in [6.45, 7) is 0.381. The summed E-state index contributed by atoms with van der Waals surface area (Å²) in [5, 5.41) is 0. The van der Waals surface area contributed by atoms with Gasteiger partial charge in [-0.3, -0.25) is 4.79 Å². The fourth-order valence-corrected chi connectivity index (χ4v) is 3.68. The molecule has 2 saturated heterocycles. The second-order valence-corrected chi connectivity index (χ2v) is 6.24. The second kappa shape index (κ2) is 6.14. The molecule has 114 valence electrons. The van der Waals surface area contributed by atoms with Gasteiger partial charge in [-0.1, -0.05) is 0 Å². The molecule has 0 saturated carbocycles. The van der Waals surface area contributed by atoms with Crippen LogP contribution in [0.5, 0.6) is 5.75 Å². The van der Waals surface area contributed by atoms with E-state index < -0.39 is 0 Å². The third kappa shape index (κ3) is 3.26. The van der Waals surface area contributed by atoms with Gasteiger partial charge < -0.3 is 9.64 Å². The van der Waals surface area contributed by atoms with E-state index in [9.17, 15) is 9.18 Å². The Labute approximate surface area is 125 Å². The normalized spacial score (nSPS) is 28.6. The van der Waals surface area contributed by atoms with Crippen LogP contribution < -0.4 is 4.74 Å². The molecule has 2 fully saturated rings. The predicted molar refractivity (Wildman–Crippen MR) is 78.8 cm³/mol. The van der Waals surface area contributed by atoms with Gasteiger partial charge in [-0.15, -0.1) is 0 Å². The number of carbonyl (C=O) groups excluding carboxylic acids is 1. The summed E-state index contributed by atoms with van der Waals surface area (Å²) < 4.78 is 18.3. The highest BCUT2D eigenvalue weighted by molar-refractivity contribution is 5.81. The molecule has 2 heterocycles. The summed E-state index contributed by atoms with van der Waals surface area (Å²) >= 11 is 0. The van der Waals surface area contributed by atoms with E-state index in [1.165, 1.54) is 25.0 Å². The number of hydrogen-bond donors (Lipinski definition) is 0. The van der Waals surface area contributed by atoms with Crippen molar-refractivity contribution in [3.8, 4) is 5.75 Å². The van der Waals surface area contributed by atoms with Crippen LogP contribution in [0.15, 0.2) is 24.3 Å². The minimum Gasteiger partial charge on any atom is -0.493 e. The summed E-state index contributed by atoms with van der Waals surface area (Å²) in [6.07, 6.45) is 4.92. The Hall–Kier alpha value is -1.42. The van der Waals surface area contributed by atoms with E-state index in [0.717, 1.165) is 12.8 Å². The lowest BCUT2D eigenvalue weighted by atomic mass is 9.86. The summed E-state index contributed by atoms with van der Waals surface area (Å²) in [4.78, 5) is 14.8. The van der Waals surface area contributed by atoms with Crippen molar-refractivity contribution >= 4 is 5.78 Å². The molecule has 0 amide bonds. The standard InChI is InChI=1S/C17H22FNO2/c1-19-14-4-5-15(19)11-12(10-14)17(20)8-9-21-16-6-2-13(18)3-7-16/h2-3,6-7,12,14-15H,4-5,8-11H2,1H3. The fourth-order valence-electron chi connectivity index (χ4n) is 3.68. The third-order valence-corrected chi connectivity index (χ3v) is 4.98. The van der Waals surface area contributed by atoms with Gasteiger partial charge in [0, 0.05) is 24.4 Å². The minimum atomic E-state index is -0.278. The van der Waals surface area contributed by atoms with E-state index in [-0.39, 0.29) is 11.7 Å². The Morgan fingerprint density at radius 3 is 2.48 bits per heavy atom. The maximum Gasteiger partial charge on any atom is 0.139 e. The van der Waals surface area contributed by atoms with Crippen LogP contribution in [0.2, 0.25) is 0 Å². The Morgan fingerprint density at radius 1 is 1.24 bits per heavy atom.